The predicted molar refractivity (Wildman–Crippen MR) is 60.2 cm³/mol. The highest BCUT2D eigenvalue weighted by Gasteiger charge is 2.21. The predicted octanol–water partition coefficient (Wildman–Crippen LogP) is 0.313. The molecule has 0 bridgehead atoms. The first kappa shape index (κ1) is 12.7. The summed E-state index contributed by atoms with van der Waals surface area (Å²) < 4.78 is 5.20. The summed E-state index contributed by atoms with van der Waals surface area (Å²) in [6.07, 6.45) is 2.77. The molecule has 4 nitrogen and oxygen atoms in total. The number of hydrogen-bond acceptors (Lipinski definition) is 3. The van der Waals surface area contributed by atoms with Crippen molar-refractivity contribution in [2.45, 2.75) is 25.3 Å². The number of carbonyl (C=O) groups excluding carboxylic acids is 1. The van der Waals surface area contributed by atoms with E-state index in [9.17, 15) is 4.79 Å². The van der Waals surface area contributed by atoms with E-state index in [2.05, 4.69) is 10.6 Å². The van der Waals surface area contributed by atoms with Crippen LogP contribution in [0.5, 0.6) is 0 Å². The molecule has 0 saturated carbocycles. The summed E-state index contributed by atoms with van der Waals surface area (Å²) in [5, 5.41) is 6.28. The smallest absolute Gasteiger partial charge is 0.220 e. The Balaban J connectivity index is 0.00000112. The molecule has 0 aromatic heterocycles. The number of halogens is 1. The molecule has 2 saturated heterocycles. The second kappa shape index (κ2) is 6.30. The highest BCUT2D eigenvalue weighted by atomic mass is 35.5. The van der Waals surface area contributed by atoms with E-state index in [1.807, 2.05) is 0 Å². The molecule has 0 radical (unpaired) electrons. The molecule has 2 atom stereocenters. The van der Waals surface area contributed by atoms with Gasteiger partial charge in [0.15, 0.2) is 0 Å². The zero-order valence-corrected chi connectivity index (χ0v) is 9.65. The summed E-state index contributed by atoms with van der Waals surface area (Å²) in [5.74, 6) is 0.728. The number of hydrogen-bond donors (Lipinski definition) is 2. The molecule has 0 aromatic rings. The van der Waals surface area contributed by atoms with Crippen LogP contribution in [0.4, 0.5) is 0 Å². The number of nitrogens with one attached hydrogen (secondary N) is 2. The molecular formula is C10H19ClN2O2. The second-order valence-electron chi connectivity index (χ2n) is 4.19. The molecular weight excluding hydrogens is 216 g/mol. The van der Waals surface area contributed by atoms with Crippen LogP contribution in [0.25, 0.3) is 0 Å². The minimum absolute atomic E-state index is 0. The molecule has 15 heavy (non-hydrogen) atoms. The van der Waals surface area contributed by atoms with Gasteiger partial charge in [0, 0.05) is 13.0 Å². The Morgan fingerprint density at radius 3 is 2.93 bits per heavy atom. The maximum Gasteiger partial charge on any atom is 0.220 e. The molecule has 0 spiro atoms. The van der Waals surface area contributed by atoms with E-state index in [1.54, 1.807) is 0 Å². The van der Waals surface area contributed by atoms with Crippen molar-refractivity contribution in [1.82, 2.24) is 10.6 Å². The number of amides is 1. The summed E-state index contributed by atoms with van der Waals surface area (Å²) in [6.45, 7) is 3.53. The third-order valence-corrected chi connectivity index (χ3v) is 2.93. The average molecular weight is 235 g/mol. The number of carbonyl (C=O) groups is 1. The van der Waals surface area contributed by atoms with Crippen LogP contribution in [0.3, 0.4) is 0 Å². The van der Waals surface area contributed by atoms with Crippen molar-refractivity contribution >= 4 is 18.3 Å². The summed E-state index contributed by atoms with van der Waals surface area (Å²) in [6, 6.07) is 0.261. The van der Waals surface area contributed by atoms with Crippen molar-refractivity contribution in [3.63, 3.8) is 0 Å². The molecule has 1 unspecified atom stereocenters. The second-order valence-corrected chi connectivity index (χ2v) is 4.19. The van der Waals surface area contributed by atoms with Crippen LogP contribution in [-0.2, 0) is 9.53 Å². The first-order valence-electron chi connectivity index (χ1n) is 5.42. The molecule has 2 rings (SSSR count). The van der Waals surface area contributed by atoms with E-state index in [-0.39, 0.29) is 24.4 Å². The van der Waals surface area contributed by atoms with E-state index in [0.29, 0.717) is 18.9 Å². The van der Waals surface area contributed by atoms with Crippen LogP contribution < -0.4 is 10.6 Å². The standard InChI is InChI=1S/C10H18N2O2.ClH/c13-10(5-8-1-3-11-6-8)12-9-2-4-14-7-9;/h8-9,11H,1-7H2,(H,12,13);1H/t8-,9?;/m0./s1. The van der Waals surface area contributed by atoms with Gasteiger partial charge in [0.25, 0.3) is 0 Å². The van der Waals surface area contributed by atoms with Crippen LogP contribution >= 0.6 is 12.4 Å². The van der Waals surface area contributed by atoms with Gasteiger partial charge < -0.3 is 15.4 Å². The van der Waals surface area contributed by atoms with E-state index in [4.69, 9.17) is 4.74 Å². The van der Waals surface area contributed by atoms with Gasteiger partial charge in [-0.05, 0) is 31.8 Å². The lowest BCUT2D eigenvalue weighted by Crippen LogP contribution is -2.36. The third kappa shape index (κ3) is 3.97. The topological polar surface area (TPSA) is 50.4 Å². The fraction of sp³-hybridized carbons (Fsp3) is 0.900. The van der Waals surface area contributed by atoms with Gasteiger partial charge in [0.05, 0.1) is 12.6 Å². The summed E-state index contributed by atoms with van der Waals surface area (Å²) >= 11 is 0. The van der Waals surface area contributed by atoms with Crippen LogP contribution in [0.2, 0.25) is 0 Å². The molecule has 2 heterocycles. The van der Waals surface area contributed by atoms with E-state index in [1.165, 1.54) is 0 Å². The van der Waals surface area contributed by atoms with Gasteiger partial charge in [-0.3, -0.25) is 4.79 Å². The SMILES string of the molecule is Cl.O=C(C[C@@H]1CCNC1)NC1CCOC1. The van der Waals surface area contributed by atoms with Gasteiger partial charge in [-0.2, -0.15) is 0 Å². The molecule has 2 fully saturated rings. The van der Waals surface area contributed by atoms with Gasteiger partial charge in [-0.1, -0.05) is 0 Å². The van der Waals surface area contributed by atoms with Crippen LogP contribution in [0.1, 0.15) is 19.3 Å². The van der Waals surface area contributed by atoms with E-state index < -0.39 is 0 Å². The zero-order valence-electron chi connectivity index (χ0n) is 8.83. The molecule has 5 heteroatoms. The summed E-state index contributed by atoms with van der Waals surface area (Å²) in [7, 11) is 0. The van der Waals surface area contributed by atoms with Gasteiger partial charge >= 0.3 is 0 Å². The van der Waals surface area contributed by atoms with Gasteiger partial charge in [0.2, 0.25) is 5.91 Å². The lowest BCUT2D eigenvalue weighted by Gasteiger charge is -2.12. The summed E-state index contributed by atoms with van der Waals surface area (Å²) in [4.78, 5) is 11.6. The fourth-order valence-corrected chi connectivity index (χ4v) is 2.09. The van der Waals surface area contributed by atoms with Gasteiger partial charge in [-0.15, -0.1) is 12.4 Å². The maximum absolute atomic E-state index is 11.6. The van der Waals surface area contributed by atoms with Crippen molar-refractivity contribution in [2.75, 3.05) is 26.3 Å². The molecule has 0 aromatic carbocycles. The molecule has 0 aliphatic carbocycles. The van der Waals surface area contributed by atoms with Crippen molar-refractivity contribution in [3.05, 3.63) is 0 Å². The Morgan fingerprint density at radius 2 is 2.33 bits per heavy atom. The lowest BCUT2D eigenvalue weighted by molar-refractivity contribution is -0.122. The van der Waals surface area contributed by atoms with E-state index >= 15 is 0 Å². The highest BCUT2D eigenvalue weighted by molar-refractivity contribution is 5.85. The Labute approximate surface area is 96.5 Å². The van der Waals surface area contributed by atoms with Crippen LogP contribution in [-0.4, -0.2) is 38.3 Å². The Bertz CT molecular complexity index is 182. The Hall–Kier alpha value is -0.320. The summed E-state index contributed by atoms with van der Waals surface area (Å²) in [5.41, 5.74) is 0. The van der Waals surface area contributed by atoms with Crippen LogP contribution in [0.15, 0.2) is 0 Å². The number of rotatable bonds is 3. The first-order chi connectivity index (χ1) is 6.84. The largest absolute Gasteiger partial charge is 0.379 e. The average Bonchev–Trinajstić information content (AvgIpc) is 2.76. The minimum Gasteiger partial charge on any atom is -0.379 e. The van der Waals surface area contributed by atoms with Gasteiger partial charge in [0.1, 0.15) is 0 Å². The zero-order chi connectivity index (χ0) is 9.80. The maximum atomic E-state index is 11.6. The quantitative estimate of drug-likeness (QED) is 0.739. The minimum atomic E-state index is 0. The van der Waals surface area contributed by atoms with Crippen molar-refractivity contribution in [1.29, 1.82) is 0 Å². The molecule has 2 aliphatic heterocycles. The molecule has 1 amide bonds. The Morgan fingerprint density at radius 1 is 1.47 bits per heavy atom. The molecule has 2 N–H and O–H groups in total. The third-order valence-electron chi connectivity index (χ3n) is 2.93. The first-order valence-corrected chi connectivity index (χ1v) is 5.42. The highest BCUT2D eigenvalue weighted by Crippen LogP contribution is 2.12. The fourth-order valence-electron chi connectivity index (χ4n) is 2.09. The Kier molecular flexibility index (Phi) is 5.36. The normalized spacial score (nSPS) is 29.9. The molecule has 2 aliphatic rings. The lowest BCUT2D eigenvalue weighted by atomic mass is 10.0. The van der Waals surface area contributed by atoms with Crippen molar-refractivity contribution in [2.24, 2.45) is 5.92 Å². The van der Waals surface area contributed by atoms with Crippen LogP contribution in [0, 0.1) is 5.92 Å². The van der Waals surface area contributed by atoms with Crippen molar-refractivity contribution in [3.8, 4) is 0 Å². The monoisotopic (exact) mass is 234 g/mol. The van der Waals surface area contributed by atoms with Gasteiger partial charge in [-0.25, -0.2) is 0 Å². The van der Waals surface area contributed by atoms with E-state index in [0.717, 1.165) is 32.5 Å². The van der Waals surface area contributed by atoms with Crippen molar-refractivity contribution < 1.29 is 9.53 Å². The molecule has 88 valence electrons. The number of ether oxygens (including phenoxy) is 1.